The molecule has 0 aliphatic carbocycles. The molecule has 1 aromatic carbocycles. The lowest BCUT2D eigenvalue weighted by Gasteiger charge is -2.15. The maximum absolute atomic E-state index is 9.09. The maximum Gasteiger partial charge on any atom is 0.140 e. The molecule has 0 radical (unpaired) electrons. The summed E-state index contributed by atoms with van der Waals surface area (Å²) in [5, 5.41) is 15.0. The van der Waals surface area contributed by atoms with E-state index in [2.05, 4.69) is 53.4 Å². The number of halogens is 2. The van der Waals surface area contributed by atoms with Gasteiger partial charge in [0.25, 0.3) is 0 Å². The predicted octanol–water partition coefficient (Wildman–Crippen LogP) is 4.48. The quantitative estimate of drug-likeness (QED) is 0.397. The Morgan fingerprint density at radius 3 is 2.76 bits per heavy atom. The molecule has 0 fully saturated rings. The Kier molecular flexibility index (Phi) is 5.30. The van der Waals surface area contributed by atoms with E-state index in [4.69, 9.17) is 21.6 Å². The van der Waals surface area contributed by atoms with Crippen LogP contribution in [0, 0.1) is 15.0 Å². The minimum atomic E-state index is -1.08. The molecule has 1 aromatic heterocycles. The summed E-state index contributed by atoms with van der Waals surface area (Å²) in [6.07, 6.45) is 0. The van der Waals surface area contributed by atoms with Crippen molar-refractivity contribution in [3.8, 4) is 6.07 Å². The van der Waals surface area contributed by atoms with E-state index in [0.29, 0.717) is 17.3 Å². The largest absolute Gasteiger partial charge is 0.360 e. The van der Waals surface area contributed by atoms with Gasteiger partial charge in [-0.25, -0.2) is 4.68 Å². The van der Waals surface area contributed by atoms with Gasteiger partial charge in [-0.1, -0.05) is 31.2 Å². The number of hydrogen-bond donors (Lipinski definition) is 0. The van der Waals surface area contributed by atoms with Gasteiger partial charge in [-0.05, 0) is 40.8 Å². The number of hydrogen-bond acceptors (Lipinski definition) is 3. The van der Waals surface area contributed by atoms with Crippen LogP contribution >= 0.6 is 34.2 Å². The van der Waals surface area contributed by atoms with Gasteiger partial charge in [-0.2, -0.15) is 10.4 Å². The van der Waals surface area contributed by atoms with Gasteiger partial charge in [0.2, 0.25) is 0 Å². The molecule has 0 N–H and O–H groups in total. The van der Waals surface area contributed by atoms with Crippen molar-refractivity contribution in [1.82, 2.24) is 9.78 Å². The lowest BCUT2D eigenvalue weighted by Crippen LogP contribution is -2.22. The van der Waals surface area contributed by atoms with Crippen LogP contribution in [0.3, 0.4) is 0 Å². The van der Waals surface area contributed by atoms with Gasteiger partial charge in [0.15, 0.2) is 0 Å². The molecule has 0 bridgehead atoms. The Hall–Kier alpha value is -0.623. The molecular formula is C14H17ClIN3OSi. The lowest BCUT2D eigenvalue weighted by atomic mass is 10.2. The second kappa shape index (κ2) is 6.65. The molecule has 0 unspecified atom stereocenters. The van der Waals surface area contributed by atoms with Crippen LogP contribution in [0.15, 0.2) is 12.1 Å². The fourth-order valence-corrected chi connectivity index (χ4v) is 3.52. The first-order valence-electron chi connectivity index (χ1n) is 6.65. The van der Waals surface area contributed by atoms with Gasteiger partial charge in [-0.15, -0.1) is 0 Å². The number of ether oxygens (including phenoxy) is 1. The third kappa shape index (κ3) is 4.19. The second-order valence-corrected chi connectivity index (χ2v) is 13.1. The van der Waals surface area contributed by atoms with E-state index in [1.165, 1.54) is 0 Å². The molecule has 21 heavy (non-hydrogen) atoms. The van der Waals surface area contributed by atoms with Crippen LogP contribution in [0.2, 0.25) is 30.7 Å². The molecule has 0 atom stereocenters. The van der Waals surface area contributed by atoms with Crippen molar-refractivity contribution < 1.29 is 4.74 Å². The van der Waals surface area contributed by atoms with Crippen LogP contribution in [0.25, 0.3) is 10.9 Å². The molecule has 7 heteroatoms. The monoisotopic (exact) mass is 433 g/mol. The van der Waals surface area contributed by atoms with E-state index in [1.54, 1.807) is 16.8 Å². The van der Waals surface area contributed by atoms with Crippen molar-refractivity contribution >= 4 is 53.2 Å². The van der Waals surface area contributed by atoms with Gasteiger partial charge in [0, 0.05) is 20.1 Å². The van der Waals surface area contributed by atoms with Crippen LogP contribution < -0.4 is 0 Å². The van der Waals surface area contributed by atoms with E-state index in [9.17, 15) is 0 Å². The second-order valence-electron chi connectivity index (χ2n) is 6.10. The van der Waals surface area contributed by atoms with E-state index >= 15 is 0 Å². The number of rotatable bonds is 5. The summed E-state index contributed by atoms with van der Waals surface area (Å²) in [7, 11) is -1.08. The maximum atomic E-state index is 9.09. The van der Waals surface area contributed by atoms with Crippen molar-refractivity contribution in [1.29, 1.82) is 5.26 Å². The summed E-state index contributed by atoms with van der Waals surface area (Å²) >= 11 is 8.24. The van der Waals surface area contributed by atoms with Gasteiger partial charge < -0.3 is 4.74 Å². The molecule has 0 aliphatic heterocycles. The predicted molar refractivity (Wildman–Crippen MR) is 96.3 cm³/mol. The molecule has 4 nitrogen and oxygen atoms in total. The zero-order chi connectivity index (χ0) is 15.6. The zero-order valence-corrected chi connectivity index (χ0v) is 16.2. The summed E-state index contributed by atoms with van der Waals surface area (Å²) in [5.41, 5.74) is 1.34. The standard InChI is InChI=1S/C14H17ClIN3OSi/c1-21(2,3)5-4-20-9-19-13-6-10(8-17)12(15)7-11(13)14(16)18-19/h6-7H,4-5,9H2,1-3H3. The van der Waals surface area contributed by atoms with E-state index < -0.39 is 8.07 Å². The van der Waals surface area contributed by atoms with E-state index in [-0.39, 0.29) is 0 Å². The van der Waals surface area contributed by atoms with Crippen molar-refractivity contribution in [3.63, 3.8) is 0 Å². The molecule has 2 rings (SSSR count). The average molecular weight is 434 g/mol. The van der Waals surface area contributed by atoms with Gasteiger partial charge in [-0.3, -0.25) is 0 Å². The Morgan fingerprint density at radius 1 is 1.43 bits per heavy atom. The van der Waals surface area contributed by atoms with Gasteiger partial charge >= 0.3 is 0 Å². The topological polar surface area (TPSA) is 50.8 Å². The lowest BCUT2D eigenvalue weighted by molar-refractivity contribution is 0.0814. The molecule has 112 valence electrons. The smallest absolute Gasteiger partial charge is 0.140 e. The Balaban J connectivity index is 2.19. The number of benzene rings is 1. The summed E-state index contributed by atoms with van der Waals surface area (Å²) < 4.78 is 8.39. The third-order valence-corrected chi connectivity index (χ3v) is 5.94. The number of fused-ring (bicyclic) bond motifs is 1. The Labute approximate surface area is 144 Å². The molecule has 0 spiro atoms. The fourth-order valence-electron chi connectivity index (χ4n) is 1.87. The highest BCUT2D eigenvalue weighted by Crippen LogP contribution is 2.27. The molecule has 2 aromatic rings. The number of aromatic nitrogens is 2. The SMILES string of the molecule is C[Si](C)(C)CCOCn1nc(I)c2cc(Cl)c(C#N)cc21. The van der Waals surface area contributed by atoms with Crippen LogP contribution in [-0.4, -0.2) is 24.5 Å². The van der Waals surface area contributed by atoms with Gasteiger partial charge in [0.05, 0.1) is 16.1 Å². The van der Waals surface area contributed by atoms with Crippen molar-refractivity contribution in [2.75, 3.05) is 6.61 Å². The molecule has 0 saturated carbocycles. The first kappa shape index (κ1) is 16.7. The highest BCUT2D eigenvalue weighted by molar-refractivity contribution is 14.1. The third-order valence-electron chi connectivity index (χ3n) is 3.12. The van der Waals surface area contributed by atoms with Crippen molar-refractivity contribution in [3.05, 3.63) is 26.4 Å². The van der Waals surface area contributed by atoms with Crippen LogP contribution in [-0.2, 0) is 11.5 Å². The molecule has 0 aliphatic rings. The Morgan fingerprint density at radius 2 is 2.14 bits per heavy atom. The zero-order valence-electron chi connectivity index (χ0n) is 12.3. The van der Waals surface area contributed by atoms with Crippen molar-refractivity contribution in [2.45, 2.75) is 32.4 Å². The highest BCUT2D eigenvalue weighted by atomic mass is 127. The summed E-state index contributed by atoms with van der Waals surface area (Å²) in [5.74, 6) is 0. The van der Waals surface area contributed by atoms with Crippen LogP contribution in [0.4, 0.5) is 0 Å². The first-order chi connectivity index (χ1) is 9.81. The van der Waals surface area contributed by atoms with E-state index in [0.717, 1.165) is 27.3 Å². The minimum absolute atomic E-state index is 0.399. The average Bonchev–Trinajstić information content (AvgIpc) is 2.69. The van der Waals surface area contributed by atoms with Crippen LogP contribution in [0.5, 0.6) is 0 Å². The van der Waals surface area contributed by atoms with Gasteiger partial charge in [0.1, 0.15) is 16.5 Å². The normalized spacial score (nSPS) is 11.8. The minimum Gasteiger partial charge on any atom is -0.360 e. The summed E-state index contributed by atoms with van der Waals surface area (Å²) in [6, 6.07) is 6.79. The number of nitrogens with zero attached hydrogens (tertiary/aromatic N) is 3. The molecule has 0 saturated heterocycles. The summed E-state index contributed by atoms with van der Waals surface area (Å²) in [6.45, 7) is 8.11. The van der Waals surface area contributed by atoms with Crippen molar-refractivity contribution in [2.24, 2.45) is 0 Å². The first-order valence-corrected chi connectivity index (χ1v) is 11.8. The van der Waals surface area contributed by atoms with Crippen LogP contribution in [0.1, 0.15) is 5.56 Å². The summed E-state index contributed by atoms with van der Waals surface area (Å²) in [4.78, 5) is 0. The Bertz CT molecular complexity index is 703. The highest BCUT2D eigenvalue weighted by Gasteiger charge is 2.14. The molecular weight excluding hydrogens is 417 g/mol. The number of nitriles is 1. The fraction of sp³-hybridized carbons (Fsp3) is 0.429. The molecule has 1 heterocycles. The van der Waals surface area contributed by atoms with E-state index in [1.807, 2.05) is 0 Å². The molecule has 0 amide bonds.